The van der Waals surface area contributed by atoms with E-state index in [4.69, 9.17) is 4.74 Å². The molecule has 1 heterocycles. The molecule has 3 aromatic carbocycles. The number of carbonyl (C=O) groups is 2. The number of fused-ring (bicyclic) bond motifs is 3. The van der Waals surface area contributed by atoms with E-state index in [9.17, 15) is 24.9 Å². The molecule has 0 radical (unpaired) electrons. The van der Waals surface area contributed by atoms with E-state index in [1.165, 1.54) is 0 Å². The second-order valence-corrected chi connectivity index (χ2v) is 6.04. The number of cyclic esters (lactones) is 1. The van der Waals surface area contributed by atoms with E-state index >= 15 is 0 Å². The van der Waals surface area contributed by atoms with Crippen LogP contribution in [0.4, 0.5) is 0 Å². The molecule has 0 saturated carbocycles. The molecular weight excluding hydrogens is 340 g/mol. The number of aromatic hydroxyl groups is 3. The lowest BCUT2D eigenvalue weighted by molar-refractivity contribution is -0.151. The highest BCUT2D eigenvalue weighted by Gasteiger charge is 2.37. The van der Waals surface area contributed by atoms with Crippen molar-refractivity contribution in [3.05, 3.63) is 41.5 Å². The summed E-state index contributed by atoms with van der Waals surface area (Å²) in [4.78, 5) is 24.0. The van der Waals surface area contributed by atoms with Crippen molar-refractivity contribution in [2.75, 3.05) is 7.11 Å². The van der Waals surface area contributed by atoms with Gasteiger partial charge in [0.05, 0.1) is 12.5 Å². The molecule has 0 amide bonds. The van der Waals surface area contributed by atoms with Crippen LogP contribution in [0, 0.1) is 0 Å². The Hall–Kier alpha value is -3.48. The van der Waals surface area contributed by atoms with Gasteiger partial charge in [0.25, 0.3) is 0 Å². The highest BCUT2D eigenvalue weighted by molar-refractivity contribution is 6.14. The minimum Gasteiger partial charge on any atom is -0.507 e. The molecule has 7 nitrogen and oxygen atoms in total. The molecule has 1 unspecified atom stereocenters. The number of rotatable bonds is 1. The number of phenols is 3. The summed E-state index contributed by atoms with van der Waals surface area (Å²) in [6, 6.07) is 8.47. The molecule has 0 spiro atoms. The van der Waals surface area contributed by atoms with Crippen molar-refractivity contribution in [3.63, 3.8) is 0 Å². The largest absolute Gasteiger partial charge is 0.507 e. The maximum absolute atomic E-state index is 12.3. The highest BCUT2D eigenvalue weighted by atomic mass is 16.6. The predicted molar refractivity (Wildman–Crippen MR) is 91.4 cm³/mol. The van der Waals surface area contributed by atoms with Crippen molar-refractivity contribution in [2.24, 2.45) is 0 Å². The molecule has 1 aliphatic heterocycles. The lowest BCUT2D eigenvalue weighted by atomic mass is 9.90. The molecule has 7 heteroatoms. The molecule has 132 valence electrons. The second kappa shape index (κ2) is 5.52. The number of benzene rings is 3. The molecule has 0 fully saturated rings. The molecule has 26 heavy (non-hydrogen) atoms. The molecule has 0 aromatic heterocycles. The first-order chi connectivity index (χ1) is 12.4. The lowest BCUT2D eigenvalue weighted by Crippen LogP contribution is -2.35. The molecule has 0 bridgehead atoms. The van der Waals surface area contributed by atoms with E-state index < -0.39 is 23.8 Å². The molecule has 4 rings (SSSR count). The highest BCUT2D eigenvalue weighted by Crippen LogP contribution is 2.48. The Balaban J connectivity index is 2.08. The van der Waals surface area contributed by atoms with Gasteiger partial charge in [-0.2, -0.15) is 0 Å². The van der Waals surface area contributed by atoms with Crippen LogP contribution >= 0.6 is 0 Å². The van der Waals surface area contributed by atoms with Gasteiger partial charge in [-0.15, -0.1) is 0 Å². The molecular formula is C19H14O7. The van der Waals surface area contributed by atoms with Gasteiger partial charge in [-0.25, -0.2) is 9.59 Å². The van der Waals surface area contributed by atoms with Crippen molar-refractivity contribution in [3.8, 4) is 17.2 Å². The number of esters is 2. The van der Waals surface area contributed by atoms with Crippen LogP contribution in [0.2, 0.25) is 0 Å². The third kappa shape index (κ3) is 2.07. The number of hydrogen-bond donors (Lipinski definition) is 3. The van der Waals surface area contributed by atoms with Crippen molar-refractivity contribution in [1.82, 2.24) is 0 Å². The Morgan fingerprint density at radius 2 is 1.85 bits per heavy atom. The number of hydrogen-bond acceptors (Lipinski definition) is 7. The van der Waals surface area contributed by atoms with Crippen molar-refractivity contribution >= 4 is 33.5 Å². The van der Waals surface area contributed by atoms with Crippen LogP contribution in [-0.4, -0.2) is 40.5 Å². The SMILES string of the molecule is COC(=O)C1Cc2c(c(O)c3cc4ccccc4c(O)c3c2O)C(=O)O1. The van der Waals surface area contributed by atoms with Crippen LogP contribution in [0.5, 0.6) is 17.2 Å². The fourth-order valence-corrected chi connectivity index (χ4v) is 3.40. The topological polar surface area (TPSA) is 113 Å². The van der Waals surface area contributed by atoms with Crippen LogP contribution in [0.1, 0.15) is 15.9 Å². The van der Waals surface area contributed by atoms with Gasteiger partial charge in [0.2, 0.25) is 6.10 Å². The van der Waals surface area contributed by atoms with Gasteiger partial charge in [0.15, 0.2) is 0 Å². The fourth-order valence-electron chi connectivity index (χ4n) is 3.40. The van der Waals surface area contributed by atoms with Crippen molar-refractivity contribution in [2.45, 2.75) is 12.5 Å². The molecule has 3 aromatic rings. The van der Waals surface area contributed by atoms with Crippen molar-refractivity contribution < 1.29 is 34.4 Å². The smallest absolute Gasteiger partial charge is 0.347 e. The van der Waals surface area contributed by atoms with Gasteiger partial charge in [0, 0.05) is 22.8 Å². The second-order valence-electron chi connectivity index (χ2n) is 6.04. The standard InChI is InChI=1S/C19H14O7/c1-25-18(23)12-7-11-14(19(24)26-12)17(22)10-6-8-4-2-3-5-9(8)15(20)13(10)16(11)21/h2-6,12,20-22H,7H2,1H3. The van der Waals surface area contributed by atoms with Gasteiger partial charge < -0.3 is 24.8 Å². The van der Waals surface area contributed by atoms with E-state index in [2.05, 4.69) is 4.74 Å². The number of ether oxygens (including phenoxy) is 2. The third-order valence-corrected chi connectivity index (χ3v) is 4.65. The quantitative estimate of drug-likeness (QED) is 0.349. The Bertz CT molecular complexity index is 1100. The first-order valence-electron chi connectivity index (χ1n) is 7.84. The summed E-state index contributed by atoms with van der Waals surface area (Å²) >= 11 is 0. The minimum atomic E-state index is -1.23. The number of carbonyl (C=O) groups excluding carboxylic acids is 2. The van der Waals surface area contributed by atoms with E-state index in [0.29, 0.717) is 10.8 Å². The summed E-state index contributed by atoms with van der Waals surface area (Å²) in [5.74, 6) is -2.72. The van der Waals surface area contributed by atoms with Crippen LogP contribution in [0.15, 0.2) is 30.3 Å². The molecule has 3 N–H and O–H groups in total. The summed E-state index contributed by atoms with van der Waals surface area (Å²) in [6.45, 7) is 0. The lowest BCUT2D eigenvalue weighted by Gasteiger charge is -2.25. The number of phenolic OH excluding ortho intramolecular Hbond substituents is 3. The molecule has 0 saturated heterocycles. The normalized spacial score (nSPS) is 16.3. The summed E-state index contributed by atoms with van der Waals surface area (Å²) < 4.78 is 9.60. The van der Waals surface area contributed by atoms with Gasteiger partial charge in [-0.3, -0.25) is 0 Å². The van der Waals surface area contributed by atoms with E-state index in [0.717, 1.165) is 7.11 Å². The monoisotopic (exact) mass is 354 g/mol. The summed E-state index contributed by atoms with van der Waals surface area (Å²) in [6.07, 6.45) is -1.40. The van der Waals surface area contributed by atoms with Crippen LogP contribution in [0.3, 0.4) is 0 Å². The predicted octanol–water partition coefficient (Wildman–Crippen LogP) is 2.36. The van der Waals surface area contributed by atoms with Gasteiger partial charge in [0.1, 0.15) is 22.8 Å². The van der Waals surface area contributed by atoms with E-state index in [1.807, 2.05) is 0 Å². The van der Waals surface area contributed by atoms with Crippen LogP contribution in [-0.2, 0) is 20.7 Å². The zero-order valence-corrected chi connectivity index (χ0v) is 13.6. The average molecular weight is 354 g/mol. The molecule has 1 aliphatic rings. The maximum atomic E-state index is 12.3. The summed E-state index contributed by atoms with van der Waals surface area (Å²) in [7, 11) is 1.15. The summed E-state index contributed by atoms with van der Waals surface area (Å²) in [5, 5.41) is 33.2. The zero-order valence-electron chi connectivity index (χ0n) is 13.6. The fraction of sp³-hybridized carbons (Fsp3) is 0.158. The number of methoxy groups -OCH3 is 1. The Morgan fingerprint density at radius 3 is 2.58 bits per heavy atom. The van der Waals surface area contributed by atoms with E-state index in [1.54, 1.807) is 30.3 Å². The first-order valence-corrected chi connectivity index (χ1v) is 7.84. The molecule has 0 aliphatic carbocycles. The van der Waals surface area contributed by atoms with Gasteiger partial charge >= 0.3 is 11.9 Å². The van der Waals surface area contributed by atoms with Crippen molar-refractivity contribution in [1.29, 1.82) is 0 Å². The molecule has 1 atom stereocenters. The van der Waals surface area contributed by atoms with Crippen LogP contribution < -0.4 is 0 Å². The average Bonchev–Trinajstić information content (AvgIpc) is 2.64. The summed E-state index contributed by atoms with van der Waals surface area (Å²) in [5.41, 5.74) is -0.183. The minimum absolute atomic E-state index is 0.0123. The first kappa shape index (κ1) is 16.0. The third-order valence-electron chi connectivity index (χ3n) is 4.65. The Labute approximate surface area is 147 Å². The van der Waals surface area contributed by atoms with Gasteiger partial charge in [-0.1, -0.05) is 24.3 Å². The Morgan fingerprint density at radius 1 is 1.12 bits per heavy atom. The van der Waals surface area contributed by atoms with Crippen LogP contribution in [0.25, 0.3) is 21.5 Å². The van der Waals surface area contributed by atoms with E-state index in [-0.39, 0.29) is 39.8 Å². The maximum Gasteiger partial charge on any atom is 0.347 e. The van der Waals surface area contributed by atoms with Gasteiger partial charge in [-0.05, 0) is 11.5 Å². The zero-order chi connectivity index (χ0) is 18.6. The Kier molecular flexibility index (Phi) is 3.40.